The van der Waals surface area contributed by atoms with Gasteiger partial charge in [0, 0.05) is 23.8 Å². The van der Waals surface area contributed by atoms with Crippen molar-refractivity contribution in [3.8, 4) is 34.1 Å². The minimum absolute atomic E-state index is 0.0861. The van der Waals surface area contributed by atoms with Crippen molar-refractivity contribution in [1.82, 2.24) is 0 Å². The van der Waals surface area contributed by atoms with E-state index >= 15 is 0 Å². The molecule has 41 heavy (non-hydrogen) atoms. The first-order valence-electron chi connectivity index (χ1n) is 12.4. The second kappa shape index (κ2) is 11.4. The molecule has 0 spiro atoms. The summed E-state index contributed by atoms with van der Waals surface area (Å²) < 4.78 is 27.2. The molecule has 2 saturated heterocycles. The lowest BCUT2D eigenvalue weighted by Gasteiger charge is -2.41. The molecule has 0 radical (unpaired) electrons. The molecule has 9 N–H and O–H groups in total. The van der Waals surface area contributed by atoms with Gasteiger partial charge in [-0.15, -0.1) is 0 Å². The summed E-state index contributed by atoms with van der Waals surface area (Å²) in [5, 5.41) is 91.2. The van der Waals surface area contributed by atoms with Crippen LogP contribution < -0.4 is 10.4 Å². The standard InChI is InChI=1S/C26H28O15/c27-10-4-15-19(11(6-18(31)39-15)9-1-2-12(28)13(29)3-9)16(5-10)40-26-24(36)22(34)21(33)17(41-26)8-38-25-23(35)20(32)14(30)7-37-25/h1-6,14,17,20-30,32-36H,7-8H2/t14-,17+,20-,21-,22-,23-,24+,25-,26-/m1/s1. The Hall–Kier alpha value is -3.51. The molecule has 0 saturated carbocycles. The minimum atomic E-state index is -1.83. The summed E-state index contributed by atoms with van der Waals surface area (Å²) in [6.45, 7) is -0.866. The maximum atomic E-state index is 12.3. The van der Waals surface area contributed by atoms with Crippen molar-refractivity contribution in [2.45, 2.75) is 55.3 Å². The number of fused-ring (bicyclic) bond motifs is 1. The number of aromatic hydroxyl groups is 3. The maximum Gasteiger partial charge on any atom is 0.336 e. The molecule has 1 aromatic heterocycles. The fraction of sp³-hybridized carbons (Fsp3) is 0.423. The first kappa shape index (κ1) is 29.0. The molecule has 15 nitrogen and oxygen atoms in total. The van der Waals surface area contributed by atoms with Crippen LogP contribution in [0.15, 0.2) is 45.6 Å². The average molecular weight is 580 g/mol. The van der Waals surface area contributed by atoms with E-state index in [1.165, 1.54) is 18.2 Å². The molecule has 0 bridgehead atoms. The quantitative estimate of drug-likeness (QED) is 0.115. The largest absolute Gasteiger partial charge is 0.508 e. The smallest absolute Gasteiger partial charge is 0.336 e. The van der Waals surface area contributed by atoms with Crippen molar-refractivity contribution in [2.75, 3.05) is 13.2 Å². The van der Waals surface area contributed by atoms with Crippen molar-refractivity contribution in [3.05, 3.63) is 46.8 Å². The normalized spacial score (nSPS) is 32.2. The first-order valence-corrected chi connectivity index (χ1v) is 12.4. The highest BCUT2D eigenvalue weighted by atomic mass is 16.7. The zero-order valence-corrected chi connectivity index (χ0v) is 21.0. The summed E-state index contributed by atoms with van der Waals surface area (Å²) in [4.78, 5) is 12.3. The van der Waals surface area contributed by atoms with Gasteiger partial charge in [-0.3, -0.25) is 0 Å². The SMILES string of the molecule is O=c1cc(-c2ccc(O)c(O)c2)c2c(O[C@@H]3O[C@@H](CO[C@H]4OC[C@@H](O)[C@@H](O)[C@H]4O)[C@@H](O)[C@@H](O)[C@@H]3O)cc(O)cc2o1. The Kier molecular flexibility index (Phi) is 8.06. The van der Waals surface area contributed by atoms with Gasteiger partial charge in [0.1, 0.15) is 59.8 Å². The van der Waals surface area contributed by atoms with Gasteiger partial charge in [-0.2, -0.15) is 0 Å². The third-order valence-corrected chi connectivity index (χ3v) is 6.87. The van der Waals surface area contributed by atoms with Gasteiger partial charge in [-0.05, 0) is 17.7 Å². The van der Waals surface area contributed by atoms with E-state index < -0.39 is 84.8 Å². The van der Waals surface area contributed by atoms with Crippen LogP contribution in [0.1, 0.15) is 0 Å². The molecule has 0 unspecified atom stereocenters. The van der Waals surface area contributed by atoms with Crippen LogP contribution >= 0.6 is 0 Å². The number of benzene rings is 2. The Morgan fingerprint density at radius 3 is 2.27 bits per heavy atom. The Morgan fingerprint density at radius 1 is 0.805 bits per heavy atom. The Labute approximate surface area is 230 Å². The molecule has 3 aromatic rings. The zero-order chi connectivity index (χ0) is 29.6. The summed E-state index contributed by atoms with van der Waals surface area (Å²) in [6, 6.07) is 7.08. The summed E-state index contributed by atoms with van der Waals surface area (Å²) in [7, 11) is 0. The van der Waals surface area contributed by atoms with E-state index in [1.807, 2.05) is 0 Å². The number of hydrogen-bond acceptors (Lipinski definition) is 15. The van der Waals surface area contributed by atoms with Gasteiger partial charge < -0.3 is 69.3 Å². The number of phenols is 3. The predicted molar refractivity (Wildman–Crippen MR) is 134 cm³/mol. The van der Waals surface area contributed by atoms with Crippen LogP contribution in [0.4, 0.5) is 0 Å². The Balaban J connectivity index is 1.45. The van der Waals surface area contributed by atoms with Gasteiger partial charge in [-0.1, -0.05) is 6.07 Å². The van der Waals surface area contributed by atoms with E-state index in [-0.39, 0.29) is 34.5 Å². The number of hydrogen-bond donors (Lipinski definition) is 9. The molecule has 3 heterocycles. The topological polar surface area (TPSA) is 249 Å². The number of aliphatic hydroxyl groups excluding tert-OH is 6. The van der Waals surface area contributed by atoms with Crippen LogP contribution in [0.5, 0.6) is 23.0 Å². The van der Waals surface area contributed by atoms with Crippen molar-refractivity contribution < 1.29 is 69.3 Å². The molecule has 2 aliphatic rings. The lowest BCUT2D eigenvalue weighted by atomic mass is 9.98. The molecule has 0 amide bonds. The van der Waals surface area contributed by atoms with Crippen molar-refractivity contribution >= 4 is 11.0 Å². The third kappa shape index (κ3) is 5.67. The summed E-state index contributed by atoms with van der Waals surface area (Å²) in [6.07, 6.45) is -14.3. The van der Waals surface area contributed by atoms with Crippen LogP contribution in [-0.4, -0.2) is 114 Å². The van der Waals surface area contributed by atoms with Gasteiger partial charge in [0.15, 0.2) is 17.8 Å². The molecule has 2 fully saturated rings. The number of ether oxygens (including phenoxy) is 4. The molecule has 2 aromatic carbocycles. The second-order valence-electron chi connectivity index (χ2n) is 9.72. The molecule has 9 atom stereocenters. The van der Waals surface area contributed by atoms with E-state index in [9.17, 15) is 50.8 Å². The number of aliphatic hydroxyl groups is 6. The summed E-state index contributed by atoms with van der Waals surface area (Å²) in [5.41, 5.74) is -0.563. The summed E-state index contributed by atoms with van der Waals surface area (Å²) >= 11 is 0. The minimum Gasteiger partial charge on any atom is -0.508 e. The molecule has 15 heteroatoms. The first-order chi connectivity index (χ1) is 19.4. The lowest BCUT2D eigenvalue weighted by Crippen LogP contribution is -2.61. The van der Waals surface area contributed by atoms with E-state index in [1.54, 1.807) is 0 Å². The summed E-state index contributed by atoms with van der Waals surface area (Å²) in [5.74, 6) is -1.49. The fourth-order valence-electron chi connectivity index (χ4n) is 4.65. The number of rotatable bonds is 6. The van der Waals surface area contributed by atoms with Crippen LogP contribution in [0.2, 0.25) is 0 Å². The molecule has 222 valence electrons. The Morgan fingerprint density at radius 2 is 1.54 bits per heavy atom. The highest BCUT2D eigenvalue weighted by Crippen LogP contribution is 2.40. The molecular formula is C26H28O15. The van der Waals surface area contributed by atoms with E-state index in [0.29, 0.717) is 0 Å². The van der Waals surface area contributed by atoms with Gasteiger partial charge >= 0.3 is 5.63 Å². The molecule has 0 aliphatic carbocycles. The van der Waals surface area contributed by atoms with E-state index in [4.69, 9.17) is 23.4 Å². The average Bonchev–Trinajstić information content (AvgIpc) is 2.93. The highest BCUT2D eigenvalue weighted by molar-refractivity contribution is 5.98. The van der Waals surface area contributed by atoms with Crippen LogP contribution in [0, 0.1) is 0 Å². The maximum absolute atomic E-state index is 12.3. The Bertz CT molecular complexity index is 1460. The van der Waals surface area contributed by atoms with Crippen LogP contribution in [-0.2, 0) is 14.2 Å². The monoisotopic (exact) mass is 580 g/mol. The second-order valence-corrected chi connectivity index (χ2v) is 9.72. The van der Waals surface area contributed by atoms with Gasteiger partial charge in [0.25, 0.3) is 0 Å². The van der Waals surface area contributed by atoms with Crippen LogP contribution in [0.3, 0.4) is 0 Å². The fourth-order valence-corrected chi connectivity index (χ4v) is 4.65. The lowest BCUT2D eigenvalue weighted by molar-refractivity contribution is -0.307. The highest BCUT2D eigenvalue weighted by Gasteiger charge is 2.46. The van der Waals surface area contributed by atoms with Crippen molar-refractivity contribution in [2.24, 2.45) is 0 Å². The predicted octanol–water partition coefficient (Wildman–Crippen LogP) is -1.78. The zero-order valence-electron chi connectivity index (χ0n) is 21.0. The van der Waals surface area contributed by atoms with E-state index in [2.05, 4.69) is 0 Å². The molecule has 2 aliphatic heterocycles. The van der Waals surface area contributed by atoms with Crippen molar-refractivity contribution in [1.29, 1.82) is 0 Å². The number of phenolic OH excluding ortho intramolecular Hbond substituents is 3. The van der Waals surface area contributed by atoms with Crippen molar-refractivity contribution in [3.63, 3.8) is 0 Å². The van der Waals surface area contributed by atoms with Gasteiger partial charge in [0.2, 0.25) is 6.29 Å². The molecular weight excluding hydrogens is 552 g/mol. The van der Waals surface area contributed by atoms with Gasteiger partial charge in [-0.25, -0.2) is 4.79 Å². The van der Waals surface area contributed by atoms with Crippen LogP contribution in [0.25, 0.3) is 22.1 Å². The van der Waals surface area contributed by atoms with E-state index in [0.717, 1.165) is 18.2 Å². The molecule has 5 rings (SSSR count). The van der Waals surface area contributed by atoms with Gasteiger partial charge in [0.05, 0.1) is 18.6 Å². The third-order valence-electron chi connectivity index (χ3n) is 6.87.